The molecule has 1 saturated carbocycles. The topological polar surface area (TPSA) is 84.7 Å². The Balaban J connectivity index is 2.47. The molecule has 0 heterocycles. The van der Waals surface area contributed by atoms with Crippen molar-refractivity contribution in [3.05, 3.63) is 0 Å². The predicted molar refractivity (Wildman–Crippen MR) is 77.1 cm³/mol. The number of ether oxygens (including phenoxy) is 1. The Kier molecular flexibility index (Phi) is 6.42. The monoisotopic (exact) mass is 285 g/mol. The first-order chi connectivity index (χ1) is 9.39. The Bertz CT molecular complexity index is 349. The Morgan fingerprint density at radius 3 is 2.80 bits per heavy atom. The van der Waals surface area contributed by atoms with Crippen molar-refractivity contribution in [3.63, 3.8) is 0 Å². The first-order valence-corrected chi connectivity index (χ1v) is 7.19. The third-order valence-electron chi connectivity index (χ3n) is 3.81. The molecule has 0 aliphatic heterocycles. The molecule has 0 aromatic carbocycles. The van der Waals surface area contributed by atoms with Crippen LogP contribution in [0.25, 0.3) is 0 Å². The summed E-state index contributed by atoms with van der Waals surface area (Å²) in [6.07, 6.45) is 3.48. The maximum atomic E-state index is 12.4. The lowest BCUT2D eigenvalue weighted by Crippen LogP contribution is -2.57. The van der Waals surface area contributed by atoms with Crippen molar-refractivity contribution in [2.24, 2.45) is 11.7 Å². The summed E-state index contributed by atoms with van der Waals surface area (Å²) in [7, 11) is 3.20. The molecule has 1 rings (SSSR count). The Hall–Kier alpha value is -1.14. The lowest BCUT2D eigenvalue weighted by atomic mass is 9.76. The van der Waals surface area contributed by atoms with Gasteiger partial charge in [0.05, 0.1) is 18.7 Å². The molecule has 2 unspecified atom stereocenters. The van der Waals surface area contributed by atoms with E-state index in [9.17, 15) is 9.59 Å². The second-order valence-corrected chi connectivity index (χ2v) is 5.86. The molecule has 1 aliphatic carbocycles. The van der Waals surface area contributed by atoms with E-state index >= 15 is 0 Å². The summed E-state index contributed by atoms with van der Waals surface area (Å²) in [6, 6.07) is 0. The molecule has 0 saturated heterocycles. The quantitative estimate of drug-likeness (QED) is 0.679. The van der Waals surface area contributed by atoms with Gasteiger partial charge < -0.3 is 20.7 Å². The molecular formula is C14H27N3O3. The van der Waals surface area contributed by atoms with E-state index in [-0.39, 0.29) is 18.4 Å². The summed E-state index contributed by atoms with van der Waals surface area (Å²) in [4.78, 5) is 25.5. The minimum atomic E-state index is -0.806. The van der Waals surface area contributed by atoms with Gasteiger partial charge in [-0.2, -0.15) is 0 Å². The van der Waals surface area contributed by atoms with Crippen molar-refractivity contribution >= 4 is 11.8 Å². The summed E-state index contributed by atoms with van der Waals surface area (Å²) in [5.41, 5.74) is 5.44. The molecule has 6 nitrogen and oxygen atoms in total. The van der Waals surface area contributed by atoms with Crippen LogP contribution in [0, 0.1) is 5.92 Å². The zero-order valence-corrected chi connectivity index (χ0v) is 12.8. The van der Waals surface area contributed by atoms with Crippen molar-refractivity contribution < 1.29 is 14.3 Å². The van der Waals surface area contributed by atoms with Crippen LogP contribution in [-0.4, -0.2) is 56.1 Å². The largest absolute Gasteiger partial charge is 0.383 e. The van der Waals surface area contributed by atoms with Crippen molar-refractivity contribution in [1.29, 1.82) is 0 Å². The van der Waals surface area contributed by atoms with Crippen LogP contribution in [0.2, 0.25) is 0 Å². The second-order valence-electron chi connectivity index (χ2n) is 5.86. The van der Waals surface area contributed by atoms with E-state index in [4.69, 9.17) is 10.5 Å². The van der Waals surface area contributed by atoms with Crippen LogP contribution in [-0.2, 0) is 14.3 Å². The zero-order chi connectivity index (χ0) is 15.2. The minimum Gasteiger partial charge on any atom is -0.383 e. The third-order valence-corrected chi connectivity index (χ3v) is 3.81. The number of rotatable bonds is 6. The molecule has 0 aromatic rings. The smallest absolute Gasteiger partial charge is 0.242 e. The van der Waals surface area contributed by atoms with Crippen LogP contribution < -0.4 is 11.1 Å². The minimum absolute atomic E-state index is 0.0376. The van der Waals surface area contributed by atoms with E-state index < -0.39 is 5.54 Å². The van der Waals surface area contributed by atoms with Crippen LogP contribution >= 0.6 is 0 Å². The fourth-order valence-corrected chi connectivity index (χ4v) is 2.80. The summed E-state index contributed by atoms with van der Waals surface area (Å²) in [6.45, 7) is 3.06. The highest BCUT2D eigenvalue weighted by atomic mass is 16.5. The number of carbonyl (C=O) groups excluding carboxylic acids is 2. The molecule has 20 heavy (non-hydrogen) atoms. The standard InChI is InChI=1S/C14H27N3O3/c1-11-5-4-6-14(15,9-11)13(19)17(2)10-12(18)16-7-8-20-3/h11H,4-10,15H2,1-3H3,(H,16,18). The molecular weight excluding hydrogens is 258 g/mol. The molecule has 6 heteroatoms. The van der Waals surface area contributed by atoms with Crippen LogP contribution in [0.4, 0.5) is 0 Å². The first kappa shape index (κ1) is 16.9. The van der Waals surface area contributed by atoms with E-state index in [1.807, 2.05) is 0 Å². The van der Waals surface area contributed by atoms with Crippen molar-refractivity contribution in [1.82, 2.24) is 10.2 Å². The number of hydrogen-bond donors (Lipinski definition) is 2. The first-order valence-electron chi connectivity index (χ1n) is 7.19. The number of likely N-dealkylation sites (N-methyl/N-ethyl adjacent to an activating group) is 1. The van der Waals surface area contributed by atoms with Crippen LogP contribution in [0.3, 0.4) is 0 Å². The molecule has 3 N–H and O–H groups in total. The van der Waals surface area contributed by atoms with E-state index in [0.29, 0.717) is 31.9 Å². The Morgan fingerprint density at radius 2 is 2.20 bits per heavy atom. The number of nitrogens with two attached hydrogens (primary N) is 1. The van der Waals surface area contributed by atoms with Crippen molar-refractivity contribution in [2.75, 3.05) is 33.9 Å². The van der Waals surface area contributed by atoms with E-state index in [0.717, 1.165) is 12.8 Å². The van der Waals surface area contributed by atoms with Gasteiger partial charge in [0.1, 0.15) is 0 Å². The van der Waals surface area contributed by atoms with Gasteiger partial charge in [-0.25, -0.2) is 0 Å². The van der Waals surface area contributed by atoms with Crippen LogP contribution in [0.5, 0.6) is 0 Å². The van der Waals surface area contributed by atoms with Gasteiger partial charge in [0.2, 0.25) is 11.8 Å². The summed E-state index contributed by atoms with van der Waals surface area (Å²) >= 11 is 0. The molecule has 0 radical (unpaired) electrons. The second kappa shape index (κ2) is 7.59. The van der Waals surface area contributed by atoms with Crippen molar-refractivity contribution in [3.8, 4) is 0 Å². The summed E-state index contributed by atoms with van der Waals surface area (Å²) < 4.78 is 4.85. The third kappa shape index (κ3) is 4.76. The van der Waals surface area contributed by atoms with Gasteiger partial charge in [-0.3, -0.25) is 9.59 Å². The van der Waals surface area contributed by atoms with Gasteiger partial charge in [0, 0.05) is 20.7 Å². The van der Waals surface area contributed by atoms with E-state index in [2.05, 4.69) is 12.2 Å². The SMILES string of the molecule is COCCNC(=O)CN(C)C(=O)C1(N)CCCC(C)C1. The van der Waals surface area contributed by atoms with Gasteiger partial charge in [0.25, 0.3) is 0 Å². The fourth-order valence-electron chi connectivity index (χ4n) is 2.80. The molecule has 1 aliphatic rings. The highest BCUT2D eigenvalue weighted by Crippen LogP contribution is 2.31. The van der Waals surface area contributed by atoms with Gasteiger partial charge in [-0.05, 0) is 18.8 Å². The number of nitrogens with zero attached hydrogens (tertiary/aromatic N) is 1. The zero-order valence-electron chi connectivity index (χ0n) is 12.8. The van der Waals surface area contributed by atoms with Crippen LogP contribution in [0.15, 0.2) is 0 Å². The number of methoxy groups -OCH3 is 1. The number of hydrogen-bond acceptors (Lipinski definition) is 4. The Labute approximate surface area is 121 Å². The molecule has 116 valence electrons. The molecule has 1 fully saturated rings. The van der Waals surface area contributed by atoms with Gasteiger partial charge in [0.15, 0.2) is 0 Å². The van der Waals surface area contributed by atoms with Gasteiger partial charge >= 0.3 is 0 Å². The fraction of sp³-hybridized carbons (Fsp3) is 0.857. The normalized spacial score (nSPS) is 26.1. The summed E-state index contributed by atoms with van der Waals surface area (Å²) in [5.74, 6) is 0.137. The average molecular weight is 285 g/mol. The van der Waals surface area contributed by atoms with E-state index in [1.54, 1.807) is 14.2 Å². The van der Waals surface area contributed by atoms with Gasteiger partial charge in [-0.1, -0.05) is 19.8 Å². The molecule has 0 bridgehead atoms. The highest BCUT2D eigenvalue weighted by Gasteiger charge is 2.39. The molecule has 0 spiro atoms. The molecule has 2 atom stereocenters. The van der Waals surface area contributed by atoms with Gasteiger partial charge in [-0.15, -0.1) is 0 Å². The average Bonchev–Trinajstić information content (AvgIpc) is 2.37. The van der Waals surface area contributed by atoms with Crippen LogP contribution in [0.1, 0.15) is 32.6 Å². The molecule has 0 aromatic heterocycles. The number of carbonyl (C=O) groups is 2. The maximum Gasteiger partial charge on any atom is 0.242 e. The number of nitrogens with one attached hydrogen (secondary N) is 1. The lowest BCUT2D eigenvalue weighted by molar-refractivity contribution is -0.140. The molecule has 2 amide bonds. The lowest BCUT2D eigenvalue weighted by Gasteiger charge is -2.37. The number of amides is 2. The van der Waals surface area contributed by atoms with Crippen molar-refractivity contribution in [2.45, 2.75) is 38.1 Å². The predicted octanol–water partition coefficient (Wildman–Crippen LogP) is 0.115. The summed E-state index contributed by atoms with van der Waals surface area (Å²) in [5, 5.41) is 2.69. The van der Waals surface area contributed by atoms with E-state index in [1.165, 1.54) is 4.90 Å². The Morgan fingerprint density at radius 1 is 1.50 bits per heavy atom. The maximum absolute atomic E-state index is 12.4. The highest BCUT2D eigenvalue weighted by molar-refractivity contribution is 5.90.